The molecular formula is C16H24BrClN2. The van der Waals surface area contributed by atoms with Crippen molar-refractivity contribution in [1.82, 2.24) is 5.32 Å². The number of benzene rings is 1. The molecule has 1 aliphatic heterocycles. The molecule has 1 aliphatic rings. The van der Waals surface area contributed by atoms with Crippen molar-refractivity contribution >= 4 is 33.2 Å². The van der Waals surface area contributed by atoms with Gasteiger partial charge in [0.25, 0.3) is 0 Å². The van der Waals surface area contributed by atoms with E-state index < -0.39 is 0 Å². The van der Waals surface area contributed by atoms with Gasteiger partial charge in [0.15, 0.2) is 0 Å². The number of halogens is 2. The largest absolute Gasteiger partial charge is 0.365 e. The lowest BCUT2D eigenvalue weighted by molar-refractivity contribution is 0.315. The maximum absolute atomic E-state index is 6.32. The van der Waals surface area contributed by atoms with Gasteiger partial charge in [0.05, 0.1) is 5.69 Å². The Kier molecular flexibility index (Phi) is 5.38. The topological polar surface area (TPSA) is 15.3 Å². The minimum absolute atomic E-state index is 0.477. The van der Waals surface area contributed by atoms with E-state index in [0.717, 1.165) is 28.1 Å². The van der Waals surface area contributed by atoms with Gasteiger partial charge in [-0.2, -0.15) is 0 Å². The van der Waals surface area contributed by atoms with Gasteiger partial charge in [-0.3, -0.25) is 0 Å². The van der Waals surface area contributed by atoms with E-state index in [-0.39, 0.29) is 0 Å². The first-order chi connectivity index (χ1) is 9.43. The molecule has 2 nitrogen and oxygen atoms in total. The molecule has 1 heterocycles. The summed E-state index contributed by atoms with van der Waals surface area (Å²) in [6.45, 7) is 10.9. The van der Waals surface area contributed by atoms with Gasteiger partial charge >= 0.3 is 0 Å². The predicted molar refractivity (Wildman–Crippen MR) is 91.9 cm³/mol. The zero-order valence-electron chi connectivity index (χ0n) is 12.7. The Labute approximate surface area is 136 Å². The molecule has 0 radical (unpaired) electrons. The van der Waals surface area contributed by atoms with Crippen molar-refractivity contribution in [3.63, 3.8) is 0 Å². The molecule has 0 aliphatic carbocycles. The van der Waals surface area contributed by atoms with Crippen LogP contribution in [0.2, 0.25) is 5.02 Å². The van der Waals surface area contributed by atoms with E-state index in [1.165, 1.54) is 12.1 Å². The summed E-state index contributed by atoms with van der Waals surface area (Å²) in [7, 11) is 0. The van der Waals surface area contributed by atoms with Gasteiger partial charge < -0.3 is 10.2 Å². The third kappa shape index (κ3) is 3.32. The van der Waals surface area contributed by atoms with E-state index >= 15 is 0 Å². The van der Waals surface area contributed by atoms with Crippen LogP contribution in [-0.4, -0.2) is 25.2 Å². The number of nitrogens with one attached hydrogen (secondary N) is 1. The number of nitrogens with zero attached hydrogens (tertiary/aromatic N) is 1. The highest BCUT2D eigenvalue weighted by molar-refractivity contribution is 9.10. The highest BCUT2D eigenvalue weighted by Gasteiger charge is 2.29. The monoisotopic (exact) mass is 358 g/mol. The predicted octanol–water partition coefficient (Wildman–Crippen LogP) is 4.62. The van der Waals surface area contributed by atoms with Crippen molar-refractivity contribution in [2.45, 2.75) is 46.2 Å². The Balaban J connectivity index is 2.27. The summed E-state index contributed by atoms with van der Waals surface area (Å²) < 4.78 is 1.14. The molecule has 112 valence electrons. The minimum atomic E-state index is 0.477. The summed E-state index contributed by atoms with van der Waals surface area (Å²) in [5.41, 5.74) is 2.33. The SMILES string of the molecule is CCC(C)C1CN(c2cc(Cl)c(C)cc2Br)C(C)CN1. The summed E-state index contributed by atoms with van der Waals surface area (Å²) in [5.74, 6) is 0.685. The van der Waals surface area contributed by atoms with E-state index in [0.29, 0.717) is 18.0 Å². The van der Waals surface area contributed by atoms with Gasteiger partial charge in [-0.1, -0.05) is 31.9 Å². The van der Waals surface area contributed by atoms with E-state index in [1.807, 2.05) is 6.92 Å². The van der Waals surface area contributed by atoms with E-state index in [1.54, 1.807) is 0 Å². The van der Waals surface area contributed by atoms with Crippen molar-refractivity contribution in [3.8, 4) is 0 Å². The Hall–Kier alpha value is -0.250. The van der Waals surface area contributed by atoms with Crippen LogP contribution in [0.1, 0.15) is 32.8 Å². The van der Waals surface area contributed by atoms with Gasteiger partial charge in [0, 0.05) is 34.7 Å². The van der Waals surface area contributed by atoms with Crippen molar-refractivity contribution in [1.29, 1.82) is 0 Å². The van der Waals surface area contributed by atoms with Crippen molar-refractivity contribution < 1.29 is 0 Å². The Morgan fingerprint density at radius 3 is 2.85 bits per heavy atom. The summed E-state index contributed by atoms with van der Waals surface area (Å²) in [5, 5.41) is 4.52. The van der Waals surface area contributed by atoms with Crippen LogP contribution in [0.5, 0.6) is 0 Å². The molecule has 2 rings (SSSR count). The molecule has 4 heteroatoms. The van der Waals surface area contributed by atoms with E-state index in [4.69, 9.17) is 11.6 Å². The normalized spacial score (nSPS) is 24.8. The van der Waals surface area contributed by atoms with Crippen LogP contribution in [0.25, 0.3) is 0 Å². The first-order valence-corrected chi connectivity index (χ1v) is 8.56. The van der Waals surface area contributed by atoms with Crippen LogP contribution >= 0.6 is 27.5 Å². The van der Waals surface area contributed by atoms with Crippen molar-refractivity contribution in [2.75, 3.05) is 18.0 Å². The number of rotatable bonds is 3. The van der Waals surface area contributed by atoms with Crippen LogP contribution in [-0.2, 0) is 0 Å². The van der Waals surface area contributed by atoms with Crippen LogP contribution < -0.4 is 10.2 Å². The second kappa shape index (κ2) is 6.67. The lowest BCUT2D eigenvalue weighted by Crippen LogP contribution is -2.57. The molecule has 3 unspecified atom stereocenters. The van der Waals surface area contributed by atoms with Gasteiger partial charge in [0.1, 0.15) is 0 Å². The van der Waals surface area contributed by atoms with Crippen LogP contribution in [0.15, 0.2) is 16.6 Å². The molecule has 1 aromatic carbocycles. The van der Waals surface area contributed by atoms with Gasteiger partial charge in [-0.25, -0.2) is 0 Å². The molecule has 0 aromatic heterocycles. The second-order valence-corrected chi connectivity index (χ2v) is 7.22. The zero-order chi connectivity index (χ0) is 14.9. The average Bonchev–Trinajstić information content (AvgIpc) is 2.43. The first kappa shape index (κ1) is 16.1. The summed E-state index contributed by atoms with van der Waals surface area (Å²) in [6.07, 6.45) is 1.20. The lowest BCUT2D eigenvalue weighted by Gasteiger charge is -2.43. The first-order valence-electron chi connectivity index (χ1n) is 7.39. The molecule has 0 saturated carbocycles. The summed E-state index contributed by atoms with van der Waals surface area (Å²) >= 11 is 10.0. The molecule has 3 atom stereocenters. The smallest absolute Gasteiger partial charge is 0.0529 e. The van der Waals surface area contributed by atoms with Crippen molar-refractivity contribution in [3.05, 3.63) is 27.2 Å². The molecule has 1 N–H and O–H groups in total. The highest BCUT2D eigenvalue weighted by Crippen LogP contribution is 2.34. The van der Waals surface area contributed by atoms with Crippen LogP contribution in [0.4, 0.5) is 5.69 Å². The van der Waals surface area contributed by atoms with E-state index in [9.17, 15) is 0 Å². The molecule has 20 heavy (non-hydrogen) atoms. The van der Waals surface area contributed by atoms with Gasteiger partial charge in [-0.05, 0) is 53.4 Å². The van der Waals surface area contributed by atoms with Gasteiger partial charge in [-0.15, -0.1) is 0 Å². The molecule has 1 aromatic rings. The molecule has 1 saturated heterocycles. The fourth-order valence-corrected chi connectivity index (χ4v) is 3.59. The van der Waals surface area contributed by atoms with E-state index in [2.05, 4.69) is 59.1 Å². The third-order valence-corrected chi connectivity index (χ3v) is 5.51. The maximum atomic E-state index is 6.32. The standard InChI is InChI=1S/C16H24BrClN2/c1-5-10(2)15-9-20(12(4)8-19-15)16-7-14(18)11(3)6-13(16)17/h6-7,10,12,15,19H,5,8-9H2,1-4H3. The highest BCUT2D eigenvalue weighted by atomic mass is 79.9. The van der Waals surface area contributed by atoms with Crippen LogP contribution in [0.3, 0.4) is 0 Å². The number of anilines is 1. The Morgan fingerprint density at radius 2 is 2.20 bits per heavy atom. The lowest BCUT2D eigenvalue weighted by atomic mass is 9.95. The summed E-state index contributed by atoms with van der Waals surface area (Å²) in [6, 6.07) is 5.23. The number of hydrogen-bond donors (Lipinski definition) is 1. The van der Waals surface area contributed by atoms with Crippen LogP contribution in [0, 0.1) is 12.8 Å². The number of hydrogen-bond acceptors (Lipinski definition) is 2. The Morgan fingerprint density at radius 1 is 1.50 bits per heavy atom. The van der Waals surface area contributed by atoms with Crippen molar-refractivity contribution in [2.24, 2.45) is 5.92 Å². The second-order valence-electron chi connectivity index (χ2n) is 5.95. The molecule has 0 spiro atoms. The Bertz CT molecular complexity index is 478. The third-order valence-electron chi connectivity index (χ3n) is 4.47. The molecule has 1 fully saturated rings. The average molecular weight is 360 g/mol. The fraction of sp³-hybridized carbons (Fsp3) is 0.625. The quantitative estimate of drug-likeness (QED) is 0.847. The molecular weight excluding hydrogens is 336 g/mol. The molecule has 0 bridgehead atoms. The maximum Gasteiger partial charge on any atom is 0.0529 e. The summed E-state index contributed by atoms with van der Waals surface area (Å²) in [4.78, 5) is 2.47. The zero-order valence-corrected chi connectivity index (χ0v) is 15.1. The number of aryl methyl sites for hydroxylation is 1. The van der Waals surface area contributed by atoms with Gasteiger partial charge in [0.2, 0.25) is 0 Å². The number of piperazine rings is 1. The minimum Gasteiger partial charge on any atom is -0.365 e. The molecule has 0 amide bonds. The fourth-order valence-electron chi connectivity index (χ4n) is 2.75.